The minimum absolute atomic E-state index is 0.198. The van der Waals surface area contributed by atoms with Crippen molar-refractivity contribution >= 4 is 15.2 Å². The van der Waals surface area contributed by atoms with Gasteiger partial charge in [-0.15, -0.1) is 0 Å². The van der Waals surface area contributed by atoms with E-state index in [0.29, 0.717) is 0 Å². The quantitative estimate of drug-likeness (QED) is 0.0745. The topological polar surface area (TPSA) is 131 Å². The Bertz CT molecular complexity index is 2860. The first kappa shape index (κ1) is 42.1. The van der Waals surface area contributed by atoms with Crippen LogP contribution in [-0.2, 0) is 27.6 Å². The maximum absolute atomic E-state index is 11.3. The highest BCUT2D eigenvalue weighted by molar-refractivity contribution is 7.51. The average Bonchev–Trinajstić information content (AvgIpc) is 3.59. The van der Waals surface area contributed by atoms with Crippen molar-refractivity contribution in [3.8, 4) is 44.8 Å². The predicted molar refractivity (Wildman–Crippen MR) is 241 cm³/mol. The summed E-state index contributed by atoms with van der Waals surface area (Å²) in [7, 11) is -8.13. The van der Waals surface area contributed by atoms with Crippen molar-refractivity contribution in [1.29, 1.82) is 0 Å². The lowest BCUT2D eigenvalue weighted by atomic mass is 9.67. The van der Waals surface area contributed by atoms with E-state index in [9.17, 15) is 28.7 Å². The number of hydrogen-bond acceptors (Lipinski definition) is 2. The van der Waals surface area contributed by atoms with Crippen LogP contribution >= 0.6 is 15.2 Å². The maximum atomic E-state index is 11.3. The number of pyridine rings is 4. The van der Waals surface area contributed by atoms with Crippen molar-refractivity contribution in [2.24, 2.45) is 0 Å². The van der Waals surface area contributed by atoms with E-state index in [4.69, 9.17) is 0 Å². The van der Waals surface area contributed by atoms with Gasteiger partial charge in [0, 0.05) is 71.8 Å². The number of aromatic nitrogens is 4. The highest BCUT2D eigenvalue weighted by atomic mass is 31.2. The molecule has 0 spiro atoms. The van der Waals surface area contributed by atoms with E-state index < -0.39 is 20.6 Å². The molecule has 4 aromatic heterocycles. The van der Waals surface area contributed by atoms with Gasteiger partial charge in [0.2, 0.25) is 11.4 Å². The zero-order valence-electron chi connectivity index (χ0n) is 34.9. The smallest absolute Gasteiger partial charge is 0.324 e. The third-order valence-corrected chi connectivity index (χ3v) is 13.7. The summed E-state index contributed by atoms with van der Waals surface area (Å²) >= 11 is 0. The second-order valence-electron chi connectivity index (χ2n) is 16.3. The fraction of sp³-hybridized carbons (Fsp3) is 0.137. The normalized spacial score (nSPS) is 13.1. The second kappa shape index (κ2) is 16.8. The lowest BCUT2D eigenvalue weighted by Crippen LogP contribution is -2.34. The number of benzene rings is 4. The van der Waals surface area contributed by atoms with Gasteiger partial charge in [0.15, 0.2) is 62.7 Å². The minimum Gasteiger partial charge on any atom is -0.324 e. The summed E-state index contributed by atoms with van der Waals surface area (Å²) in [4.78, 5) is 37.0. The van der Waals surface area contributed by atoms with Crippen LogP contribution in [-0.4, -0.2) is 31.9 Å². The highest BCUT2D eigenvalue weighted by Crippen LogP contribution is 2.56. The fourth-order valence-electron chi connectivity index (χ4n) is 9.03. The van der Waals surface area contributed by atoms with Crippen LogP contribution in [0.1, 0.15) is 33.4 Å². The van der Waals surface area contributed by atoms with Crippen molar-refractivity contribution in [2.45, 2.75) is 32.4 Å². The van der Waals surface area contributed by atoms with Gasteiger partial charge in [-0.1, -0.05) is 60.7 Å². The van der Waals surface area contributed by atoms with Crippen LogP contribution in [0.15, 0.2) is 183 Å². The minimum atomic E-state index is -4.06. The Morgan fingerprint density at radius 3 is 1.11 bits per heavy atom. The van der Waals surface area contributed by atoms with E-state index in [0.717, 1.165) is 44.8 Å². The van der Waals surface area contributed by atoms with Gasteiger partial charge in [-0.3, -0.25) is 9.13 Å². The molecule has 0 atom stereocenters. The lowest BCUT2D eigenvalue weighted by Gasteiger charge is -2.34. The van der Waals surface area contributed by atoms with Crippen LogP contribution < -0.4 is 18.3 Å². The van der Waals surface area contributed by atoms with Crippen LogP contribution in [0.25, 0.3) is 44.8 Å². The van der Waals surface area contributed by atoms with Gasteiger partial charge in [-0.25, -0.2) is 9.13 Å². The van der Waals surface area contributed by atoms with E-state index in [1.807, 2.05) is 49.1 Å². The van der Waals surface area contributed by atoms with E-state index in [1.165, 1.54) is 33.4 Å². The van der Waals surface area contributed by atoms with Gasteiger partial charge in [0.05, 0.1) is 5.41 Å². The molecule has 0 unspecified atom stereocenters. The Morgan fingerprint density at radius 2 is 0.778 bits per heavy atom. The molecule has 4 heterocycles. The fourth-order valence-corrected chi connectivity index (χ4v) is 10.0. The Morgan fingerprint density at radius 1 is 0.444 bits per heavy atom. The van der Waals surface area contributed by atoms with Gasteiger partial charge in [-0.2, -0.15) is 9.13 Å². The van der Waals surface area contributed by atoms with Crippen molar-refractivity contribution in [3.05, 3.63) is 216 Å². The summed E-state index contributed by atoms with van der Waals surface area (Å²) in [5.74, 6) is 0. The molecular weight excluding hydrogens is 827 g/mol. The molecule has 12 heteroatoms. The highest BCUT2D eigenvalue weighted by Gasteiger charge is 2.46. The van der Waals surface area contributed by atoms with Gasteiger partial charge < -0.3 is 19.6 Å². The zero-order chi connectivity index (χ0) is 43.9. The standard InChI is InChI=1S/C51H44N4O6P2/c1-37-35-43(11-13-49(37)54-27-19-41(20-28-54)39-15-23-52(24-16-39)31-33-62(56,57)58)51(47-9-5-3-7-45(47)46-8-4-6-10-48(46)51)44-12-14-50(38(2)36-44)55-29-21-42(22-30-55)40-17-25-53(26-18-40)32-34-63(59,60)61/h3-30,35-36H,31-34H2,1-2H3/p+4. The molecule has 0 radical (unpaired) electrons. The molecule has 4 N–H and O–H groups in total. The molecule has 314 valence electrons. The van der Waals surface area contributed by atoms with Gasteiger partial charge in [-0.05, 0) is 81.6 Å². The number of hydrogen-bond donors (Lipinski definition) is 4. The first-order chi connectivity index (χ1) is 30.3. The molecule has 0 fully saturated rings. The van der Waals surface area contributed by atoms with E-state index >= 15 is 0 Å². The first-order valence-electron chi connectivity index (χ1n) is 20.8. The molecule has 1 aliphatic rings. The third-order valence-electron chi connectivity index (χ3n) is 12.2. The first-order valence-corrected chi connectivity index (χ1v) is 24.4. The molecule has 1 aliphatic carbocycles. The summed E-state index contributed by atoms with van der Waals surface area (Å²) in [5.41, 5.74) is 15.3. The van der Waals surface area contributed by atoms with Gasteiger partial charge in [0.1, 0.15) is 12.3 Å². The summed E-state index contributed by atoms with van der Waals surface area (Å²) < 4.78 is 30.5. The number of fused-ring (bicyclic) bond motifs is 3. The Labute approximate surface area is 366 Å². The van der Waals surface area contributed by atoms with E-state index in [-0.39, 0.29) is 25.4 Å². The molecule has 10 nitrogen and oxygen atoms in total. The molecular formula is C51H48N4O6P2+4. The molecule has 0 aliphatic heterocycles. The van der Waals surface area contributed by atoms with Crippen molar-refractivity contribution in [2.75, 3.05) is 12.3 Å². The SMILES string of the molecule is Cc1cc(C2(c3ccc(-[n+]4ccc(-c5cc[n+](CCP(=O)(O)O)cc5)cc4)c(C)c3)c3ccccc3-c3ccccc32)ccc1-[n+]1ccc(-c2cc[n+](CCP(=O)(O)O)cc2)cc1. The molecule has 9 rings (SSSR count). The summed E-state index contributed by atoms with van der Waals surface area (Å²) in [6.45, 7) is 4.84. The van der Waals surface area contributed by atoms with Crippen LogP contribution in [0, 0.1) is 13.8 Å². The van der Waals surface area contributed by atoms with Crippen molar-refractivity contribution in [1.82, 2.24) is 0 Å². The molecule has 0 saturated heterocycles. The summed E-state index contributed by atoms with van der Waals surface area (Å²) in [6.07, 6.45) is 15.3. The number of nitrogens with zero attached hydrogens (tertiary/aromatic N) is 4. The van der Waals surface area contributed by atoms with Crippen LogP contribution in [0.4, 0.5) is 0 Å². The van der Waals surface area contributed by atoms with Gasteiger partial charge in [0.25, 0.3) is 0 Å². The Hall–Kier alpha value is -6.22. The zero-order valence-corrected chi connectivity index (χ0v) is 36.7. The summed E-state index contributed by atoms with van der Waals surface area (Å²) in [5, 5.41) is 0. The van der Waals surface area contributed by atoms with Crippen LogP contribution in [0.2, 0.25) is 0 Å². The largest absolute Gasteiger partial charge is 0.331 e. The molecule has 63 heavy (non-hydrogen) atoms. The monoisotopic (exact) mass is 874 g/mol. The number of aryl methyl sites for hydroxylation is 4. The predicted octanol–water partition coefficient (Wildman–Crippen LogP) is 7.48. The molecule has 8 aromatic rings. The Balaban J connectivity index is 1.04. The number of rotatable bonds is 12. The summed E-state index contributed by atoms with van der Waals surface area (Å²) in [6, 6.07) is 47.4. The van der Waals surface area contributed by atoms with Crippen molar-refractivity contribution in [3.63, 3.8) is 0 Å². The van der Waals surface area contributed by atoms with Crippen molar-refractivity contribution < 1.29 is 47.0 Å². The van der Waals surface area contributed by atoms with Gasteiger partial charge >= 0.3 is 15.2 Å². The molecule has 4 aromatic carbocycles. The molecule has 0 amide bonds. The van der Waals surface area contributed by atoms with Crippen LogP contribution in [0.3, 0.4) is 0 Å². The third kappa shape index (κ3) is 8.50. The van der Waals surface area contributed by atoms with E-state index in [2.05, 4.69) is 157 Å². The average molecular weight is 875 g/mol. The molecule has 0 saturated carbocycles. The second-order valence-corrected chi connectivity index (χ2v) is 19.8. The van der Waals surface area contributed by atoms with Crippen LogP contribution in [0.5, 0.6) is 0 Å². The van der Waals surface area contributed by atoms with E-state index in [1.54, 1.807) is 9.13 Å². The molecule has 0 bridgehead atoms. The lowest BCUT2D eigenvalue weighted by molar-refractivity contribution is -0.692. The maximum Gasteiger partial charge on any atom is 0.331 e. The Kier molecular flexibility index (Phi) is 11.2.